The quantitative estimate of drug-likeness (QED) is 0.168. The summed E-state index contributed by atoms with van der Waals surface area (Å²) in [5.41, 5.74) is 17.3. The standard InChI is InChI=1S/C61H39N3O/c62-38-47-37-57(63-53-29-25-43(39-15-5-1-6-16-39)33-49(53)50-34-44(26-30-54(50)63)40-17-7-2-8-18-40)61-59(48-23-13-14-24-58(48)65-61)60(47)64-55-31-27-45(41-19-9-3-10-20-41)35-51(55)52-36-46(28-32-56(52)64)42-21-11-4-12-22-42/h1-7,9-17,19-37H,8,18H2. The lowest BCUT2D eigenvalue weighted by Gasteiger charge is -2.16. The molecular formula is C61H39N3O. The highest BCUT2D eigenvalue weighted by molar-refractivity contribution is 6.19. The van der Waals surface area contributed by atoms with Crippen LogP contribution in [0.2, 0.25) is 0 Å². The van der Waals surface area contributed by atoms with Crippen molar-refractivity contribution in [1.29, 1.82) is 5.26 Å². The minimum absolute atomic E-state index is 0.559. The molecule has 0 atom stereocenters. The molecule has 0 N–H and O–H groups in total. The summed E-state index contributed by atoms with van der Waals surface area (Å²) in [4.78, 5) is 0. The van der Waals surface area contributed by atoms with Crippen LogP contribution in [-0.4, -0.2) is 9.13 Å². The molecule has 1 aliphatic carbocycles. The maximum Gasteiger partial charge on any atom is 0.161 e. The summed E-state index contributed by atoms with van der Waals surface area (Å²) in [5.74, 6) is 0. The Kier molecular flexibility index (Phi) is 8.38. The van der Waals surface area contributed by atoms with Crippen LogP contribution in [-0.2, 0) is 0 Å². The Morgan fingerprint density at radius 3 is 1.43 bits per heavy atom. The summed E-state index contributed by atoms with van der Waals surface area (Å²) in [7, 11) is 0. The fourth-order valence-electron chi connectivity index (χ4n) is 10.4. The second-order valence-electron chi connectivity index (χ2n) is 17.1. The molecule has 3 aromatic heterocycles. The summed E-state index contributed by atoms with van der Waals surface area (Å²) in [6.45, 7) is 0. The SMILES string of the molecule is N#Cc1cc(-n2c3ccc(C4=CC=CCC4)cc3c3cc(-c4ccccc4)ccc32)c2oc3ccccc3c2c1-n1c2ccc(-c3ccccc3)cc2c2cc(-c3ccccc3)ccc21. The number of fused-ring (bicyclic) bond motifs is 9. The third-order valence-corrected chi connectivity index (χ3v) is 13.4. The van der Waals surface area contributed by atoms with Gasteiger partial charge in [-0.3, -0.25) is 0 Å². The Morgan fingerprint density at radius 2 is 0.923 bits per heavy atom. The molecule has 4 heteroatoms. The van der Waals surface area contributed by atoms with Crippen LogP contribution in [0.25, 0.3) is 116 Å². The molecule has 304 valence electrons. The number of para-hydroxylation sites is 1. The number of hydrogen-bond acceptors (Lipinski definition) is 2. The van der Waals surface area contributed by atoms with Gasteiger partial charge < -0.3 is 13.6 Å². The van der Waals surface area contributed by atoms with E-state index in [1.807, 2.05) is 12.1 Å². The summed E-state index contributed by atoms with van der Waals surface area (Å²) in [6.07, 6.45) is 8.69. The first-order valence-electron chi connectivity index (χ1n) is 22.3. The predicted octanol–water partition coefficient (Wildman–Crippen LogP) is 16.4. The predicted molar refractivity (Wildman–Crippen MR) is 270 cm³/mol. The van der Waals surface area contributed by atoms with E-state index in [2.05, 4.69) is 215 Å². The molecule has 0 saturated carbocycles. The van der Waals surface area contributed by atoms with Crippen LogP contribution in [0.15, 0.2) is 217 Å². The maximum absolute atomic E-state index is 11.5. The van der Waals surface area contributed by atoms with E-state index >= 15 is 0 Å². The molecule has 0 unspecified atom stereocenters. The smallest absolute Gasteiger partial charge is 0.161 e. The van der Waals surface area contributed by atoms with Crippen molar-refractivity contribution in [3.05, 3.63) is 223 Å². The number of hydrogen-bond donors (Lipinski definition) is 0. The van der Waals surface area contributed by atoms with Crippen LogP contribution < -0.4 is 0 Å². The zero-order valence-electron chi connectivity index (χ0n) is 35.4. The van der Waals surface area contributed by atoms with E-state index in [0.29, 0.717) is 5.56 Å². The van der Waals surface area contributed by atoms with Gasteiger partial charge in [0.05, 0.1) is 44.4 Å². The van der Waals surface area contributed by atoms with Crippen molar-refractivity contribution >= 4 is 71.1 Å². The van der Waals surface area contributed by atoms with Gasteiger partial charge in [-0.2, -0.15) is 5.26 Å². The number of aromatic nitrogens is 2. The number of nitriles is 1. The van der Waals surface area contributed by atoms with Gasteiger partial charge in [0.1, 0.15) is 11.7 Å². The van der Waals surface area contributed by atoms with Gasteiger partial charge in [-0.15, -0.1) is 0 Å². The zero-order valence-corrected chi connectivity index (χ0v) is 35.4. The van der Waals surface area contributed by atoms with Gasteiger partial charge in [0.25, 0.3) is 0 Å². The second-order valence-corrected chi connectivity index (χ2v) is 17.1. The summed E-state index contributed by atoms with van der Waals surface area (Å²) < 4.78 is 11.7. The molecule has 0 amide bonds. The van der Waals surface area contributed by atoms with E-state index < -0.39 is 0 Å². The van der Waals surface area contributed by atoms with Crippen molar-refractivity contribution in [2.24, 2.45) is 0 Å². The number of nitrogens with zero attached hydrogens (tertiary/aromatic N) is 3. The van der Waals surface area contributed by atoms with Crippen molar-refractivity contribution < 1.29 is 4.42 Å². The van der Waals surface area contributed by atoms with Crippen LogP contribution in [0.5, 0.6) is 0 Å². The van der Waals surface area contributed by atoms with Crippen molar-refractivity contribution in [3.63, 3.8) is 0 Å². The summed E-state index contributed by atoms with van der Waals surface area (Å²) >= 11 is 0. The molecule has 0 aliphatic heterocycles. The molecule has 4 nitrogen and oxygen atoms in total. The van der Waals surface area contributed by atoms with Gasteiger partial charge in [0.15, 0.2) is 5.58 Å². The Hall–Kier alpha value is -8.65. The third kappa shape index (κ3) is 5.83. The van der Waals surface area contributed by atoms with Gasteiger partial charge in [-0.05, 0) is 118 Å². The molecule has 1 aliphatic rings. The lowest BCUT2D eigenvalue weighted by Crippen LogP contribution is -2.03. The lowest BCUT2D eigenvalue weighted by molar-refractivity contribution is 0.666. The lowest BCUT2D eigenvalue weighted by atomic mass is 9.95. The molecular weight excluding hydrogens is 791 g/mol. The Bertz CT molecular complexity index is 3890. The van der Waals surface area contributed by atoms with Gasteiger partial charge in [-0.1, -0.05) is 152 Å². The normalized spacial score (nSPS) is 12.8. The van der Waals surface area contributed by atoms with Crippen molar-refractivity contribution in [2.75, 3.05) is 0 Å². The second kappa shape index (κ2) is 14.7. The fourth-order valence-corrected chi connectivity index (χ4v) is 10.4. The molecule has 0 saturated heterocycles. The van der Waals surface area contributed by atoms with Crippen molar-refractivity contribution in [1.82, 2.24) is 9.13 Å². The van der Waals surface area contributed by atoms with Gasteiger partial charge in [0.2, 0.25) is 0 Å². The number of allylic oxidation sites excluding steroid dienone is 4. The van der Waals surface area contributed by atoms with Crippen LogP contribution in [0, 0.1) is 11.3 Å². The van der Waals surface area contributed by atoms with Crippen molar-refractivity contribution in [2.45, 2.75) is 12.8 Å². The highest BCUT2D eigenvalue weighted by atomic mass is 16.3. The number of benzene rings is 9. The first-order valence-corrected chi connectivity index (χ1v) is 22.3. The van der Waals surface area contributed by atoms with E-state index in [-0.39, 0.29) is 0 Å². The number of furan rings is 1. The third-order valence-electron chi connectivity index (χ3n) is 13.4. The fraction of sp³-hybridized carbons (Fsp3) is 0.0328. The molecule has 0 spiro atoms. The molecule has 65 heavy (non-hydrogen) atoms. The molecule has 3 heterocycles. The molecule has 0 radical (unpaired) electrons. The molecule has 0 bridgehead atoms. The highest BCUT2D eigenvalue weighted by Gasteiger charge is 2.27. The van der Waals surface area contributed by atoms with Crippen molar-refractivity contribution in [3.8, 4) is 50.8 Å². The van der Waals surface area contributed by atoms with Crippen LogP contribution in [0.3, 0.4) is 0 Å². The topological polar surface area (TPSA) is 46.8 Å². The summed E-state index contributed by atoms with van der Waals surface area (Å²) in [6, 6.07) is 71.8. The number of rotatable bonds is 6. The largest absolute Gasteiger partial charge is 0.454 e. The van der Waals surface area contributed by atoms with E-state index in [0.717, 1.165) is 118 Å². The Labute approximate surface area is 375 Å². The monoisotopic (exact) mass is 829 g/mol. The average molecular weight is 830 g/mol. The zero-order chi connectivity index (χ0) is 43.0. The minimum Gasteiger partial charge on any atom is -0.454 e. The van der Waals surface area contributed by atoms with Gasteiger partial charge >= 0.3 is 0 Å². The van der Waals surface area contributed by atoms with Crippen LogP contribution in [0.1, 0.15) is 24.0 Å². The Balaban J connectivity index is 1.13. The average Bonchev–Trinajstić information content (AvgIpc) is 4.04. The maximum atomic E-state index is 11.5. The first-order chi connectivity index (χ1) is 32.2. The molecule has 9 aromatic carbocycles. The van der Waals surface area contributed by atoms with E-state index in [1.54, 1.807) is 0 Å². The Morgan fingerprint density at radius 1 is 0.446 bits per heavy atom. The molecule has 0 fully saturated rings. The van der Waals surface area contributed by atoms with Gasteiger partial charge in [0, 0.05) is 26.9 Å². The molecule has 12 aromatic rings. The van der Waals surface area contributed by atoms with Crippen LogP contribution in [0.4, 0.5) is 0 Å². The van der Waals surface area contributed by atoms with E-state index in [4.69, 9.17) is 4.42 Å². The van der Waals surface area contributed by atoms with E-state index in [1.165, 1.54) is 16.7 Å². The summed E-state index contributed by atoms with van der Waals surface area (Å²) in [5, 5.41) is 17.9. The van der Waals surface area contributed by atoms with Gasteiger partial charge in [-0.25, -0.2) is 0 Å². The first kappa shape index (κ1) is 37.0. The van der Waals surface area contributed by atoms with Crippen LogP contribution >= 0.6 is 0 Å². The molecule has 13 rings (SSSR count). The van der Waals surface area contributed by atoms with E-state index in [9.17, 15) is 5.26 Å². The highest BCUT2D eigenvalue weighted by Crippen LogP contribution is 2.46. The minimum atomic E-state index is 0.559.